The summed E-state index contributed by atoms with van der Waals surface area (Å²) in [5.74, 6) is -1.93. The van der Waals surface area contributed by atoms with Crippen molar-refractivity contribution >= 4 is 28.6 Å². The maximum absolute atomic E-state index is 13.9. The molecule has 0 radical (unpaired) electrons. The second-order valence-electron chi connectivity index (χ2n) is 8.46. The van der Waals surface area contributed by atoms with Gasteiger partial charge in [-0.05, 0) is 58.9 Å². The molecule has 0 aliphatic rings. The van der Waals surface area contributed by atoms with E-state index < -0.39 is 29.6 Å². The van der Waals surface area contributed by atoms with Crippen molar-refractivity contribution in [2.75, 3.05) is 5.32 Å². The Hall–Kier alpha value is -4.08. The molecule has 0 fully saturated rings. The van der Waals surface area contributed by atoms with Crippen molar-refractivity contribution in [3.8, 4) is 11.3 Å². The normalized spacial score (nSPS) is 12.2. The Morgan fingerprint density at radius 3 is 2.49 bits per heavy atom. The first-order valence-electron chi connectivity index (χ1n) is 11.0. The van der Waals surface area contributed by atoms with E-state index in [4.69, 9.17) is 14.1 Å². The maximum atomic E-state index is 13.9. The van der Waals surface area contributed by atoms with Crippen LogP contribution in [0.1, 0.15) is 48.7 Å². The summed E-state index contributed by atoms with van der Waals surface area (Å²) < 4.78 is 39.7. The average molecular weight is 482 g/mol. The zero-order valence-electron chi connectivity index (χ0n) is 19.8. The first-order chi connectivity index (χ1) is 16.5. The molecular weight excluding hydrogens is 458 g/mol. The van der Waals surface area contributed by atoms with E-state index in [9.17, 15) is 18.4 Å². The van der Waals surface area contributed by atoms with Gasteiger partial charge in [0.1, 0.15) is 23.2 Å². The Morgan fingerprint density at radius 1 is 1.11 bits per heavy atom. The minimum atomic E-state index is -1.27. The number of ether oxygens (including phenoxy) is 1. The van der Waals surface area contributed by atoms with E-state index in [-0.39, 0.29) is 17.3 Å². The fourth-order valence-corrected chi connectivity index (χ4v) is 3.69. The lowest BCUT2D eigenvalue weighted by molar-refractivity contribution is -0.123. The monoisotopic (exact) mass is 482 g/mol. The highest BCUT2D eigenvalue weighted by Crippen LogP contribution is 2.30. The number of furan rings is 1. The van der Waals surface area contributed by atoms with Gasteiger partial charge in [-0.3, -0.25) is 4.79 Å². The van der Waals surface area contributed by atoms with E-state index in [1.165, 1.54) is 13.1 Å². The van der Waals surface area contributed by atoms with Crippen LogP contribution in [0.15, 0.2) is 40.9 Å². The van der Waals surface area contributed by atoms with Gasteiger partial charge < -0.3 is 14.5 Å². The standard InChI is InChI=1S/C25H24F2N4O4/c1-12(2)31-23-19(11-28-31)18(10-22(29-23)17-8-13(3)34-14(17)4)25(33)35-15(5)24(32)30-21-7-6-16(26)9-20(21)27/h6-12,15H,1-5H3,(H,30,32). The van der Waals surface area contributed by atoms with Crippen molar-refractivity contribution in [2.24, 2.45) is 0 Å². The van der Waals surface area contributed by atoms with Gasteiger partial charge in [-0.1, -0.05) is 0 Å². The lowest BCUT2D eigenvalue weighted by Gasteiger charge is -2.15. The summed E-state index contributed by atoms with van der Waals surface area (Å²) in [5, 5.41) is 7.12. The Labute approximate surface area is 199 Å². The number of aryl methyl sites for hydroxylation is 2. The van der Waals surface area contributed by atoms with Crippen LogP contribution in [0, 0.1) is 25.5 Å². The maximum Gasteiger partial charge on any atom is 0.339 e. The van der Waals surface area contributed by atoms with Crippen molar-refractivity contribution in [3.05, 3.63) is 65.2 Å². The summed E-state index contributed by atoms with van der Waals surface area (Å²) in [5.41, 5.74) is 1.63. The number of esters is 1. The summed E-state index contributed by atoms with van der Waals surface area (Å²) in [7, 11) is 0. The van der Waals surface area contributed by atoms with E-state index in [1.54, 1.807) is 17.7 Å². The molecule has 3 heterocycles. The van der Waals surface area contributed by atoms with Gasteiger partial charge in [0.15, 0.2) is 11.8 Å². The quantitative estimate of drug-likeness (QED) is 0.372. The largest absolute Gasteiger partial charge is 0.466 e. The Morgan fingerprint density at radius 2 is 1.86 bits per heavy atom. The number of nitrogens with zero attached hydrogens (tertiary/aromatic N) is 3. The van der Waals surface area contributed by atoms with Crippen LogP contribution in [0.5, 0.6) is 0 Å². The predicted molar refractivity (Wildman–Crippen MR) is 125 cm³/mol. The topological polar surface area (TPSA) is 99.2 Å². The molecule has 1 atom stereocenters. The summed E-state index contributed by atoms with van der Waals surface area (Å²) in [6.45, 7) is 8.84. The number of nitrogens with one attached hydrogen (secondary N) is 1. The van der Waals surface area contributed by atoms with Gasteiger partial charge in [-0.15, -0.1) is 0 Å². The van der Waals surface area contributed by atoms with Gasteiger partial charge in [0.05, 0.1) is 28.5 Å². The number of hydrogen-bond donors (Lipinski definition) is 1. The van der Waals surface area contributed by atoms with Crippen LogP contribution < -0.4 is 5.32 Å². The van der Waals surface area contributed by atoms with Gasteiger partial charge in [-0.2, -0.15) is 5.10 Å². The average Bonchev–Trinajstić information content (AvgIpc) is 3.37. The van der Waals surface area contributed by atoms with Crippen LogP contribution >= 0.6 is 0 Å². The molecule has 10 heteroatoms. The first kappa shape index (κ1) is 24.1. The van der Waals surface area contributed by atoms with E-state index in [0.29, 0.717) is 39.9 Å². The minimum absolute atomic E-state index is 0.0263. The lowest BCUT2D eigenvalue weighted by Crippen LogP contribution is -2.30. The van der Waals surface area contributed by atoms with Gasteiger partial charge >= 0.3 is 5.97 Å². The van der Waals surface area contributed by atoms with Crippen LogP contribution in [0.25, 0.3) is 22.3 Å². The molecule has 4 aromatic rings. The third-order valence-corrected chi connectivity index (χ3v) is 5.43. The van der Waals surface area contributed by atoms with E-state index in [2.05, 4.69) is 10.4 Å². The molecular formula is C25H24F2N4O4. The van der Waals surface area contributed by atoms with Crippen molar-refractivity contribution in [1.82, 2.24) is 14.8 Å². The number of aromatic nitrogens is 3. The Bertz CT molecular complexity index is 1440. The zero-order chi connectivity index (χ0) is 25.4. The van der Waals surface area contributed by atoms with Gasteiger partial charge in [0, 0.05) is 17.7 Å². The highest BCUT2D eigenvalue weighted by Gasteiger charge is 2.25. The van der Waals surface area contributed by atoms with Crippen LogP contribution in [0.3, 0.4) is 0 Å². The molecule has 35 heavy (non-hydrogen) atoms. The molecule has 0 saturated heterocycles. The molecule has 0 aliphatic heterocycles. The molecule has 4 rings (SSSR count). The summed E-state index contributed by atoms with van der Waals surface area (Å²) >= 11 is 0. The minimum Gasteiger partial charge on any atom is -0.466 e. The highest BCUT2D eigenvalue weighted by atomic mass is 19.1. The molecule has 3 aromatic heterocycles. The van der Waals surface area contributed by atoms with Crippen LogP contribution in [0.4, 0.5) is 14.5 Å². The van der Waals surface area contributed by atoms with E-state index in [0.717, 1.165) is 12.1 Å². The second kappa shape index (κ2) is 9.28. The van der Waals surface area contributed by atoms with Crippen molar-refractivity contribution in [2.45, 2.75) is 46.8 Å². The summed E-state index contributed by atoms with van der Waals surface area (Å²) in [4.78, 5) is 30.4. The van der Waals surface area contributed by atoms with Gasteiger partial charge in [-0.25, -0.2) is 23.2 Å². The molecule has 182 valence electrons. The Kier molecular flexibility index (Phi) is 6.38. The molecule has 0 bridgehead atoms. The summed E-state index contributed by atoms with van der Waals surface area (Å²) in [6.07, 6.45) is 0.256. The SMILES string of the molecule is Cc1cc(-c2cc(C(=O)OC(C)C(=O)Nc3ccc(F)cc3F)c3cnn(C(C)C)c3n2)c(C)o1. The molecule has 0 saturated carbocycles. The number of fused-ring (bicyclic) bond motifs is 1. The molecule has 1 unspecified atom stereocenters. The number of hydrogen-bond acceptors (Lipinski definition) is 6. The molecule has 1 aromatic carbocycles. The van der Waals surface area contributed by atoms with Crippen LogP contribution in [0.2, 0.25) is 0 Å². The smallest absolute Gasteiger partial charge is 0.339 e. The number of benzene rings is 1. The van der Waals surface area contributed by atoms with Gasteiger partial charge in [0.25, 0.3) is 5.91 Å². The van der Waals surface area contributed by atoms with Crippen molar-refractivity contribution in [1.29, 1.82) is 0 Å². The predicted octanol–water partition coefficient (Wildman–Crippen LogP) is 5.35. The molecule has 8 nitrogen and oxygen atoms in total. The van der Waals surface area contributed by atoms with E-state index in [1.807, 2.05) is 26.8 Å². The molecule has 1 amide bonds. The number of rotatable bonds is 6. The molecule has 1 N–H and O–H groups in total. The first-order valence-corrected chi connectivity index (χ1v) is 11.0. The molecule has 0 spiro atoms. The van der Waals surface area contributed by atoms with Crippen molar-refractivity contribution < 1.29 is 27.5 Å². The van der Waals surface area contributed by atoms with E-state index >= 15 is 0 Å². The third-order valence-electron chi connectivity index (χ3n) is 5.43. The van der Waals surface area contributed by atoms with Gasteiger partial charge in [0.2, 0.25) is 0 Å². The second-order valence-corrected chi connectivity index (χ2v) is 8.46. The number of amides is 1. The third kappa shape index (κ3) is 4.77. The number of halogens is 2. The fourth-order valence-electron chi connectivity index (χ4n) is 3.69. The Balaban J connectivity index is 1.66. The highest BCUT2D eigenvalue weighted by molar-refractivity contribution is 6.05. The number of pyridine rings is 1. The molecule has 0 aliphatic carbocycles. The van der Waals surface area contributed by atoms with Crippen molar-refractivity contribution in [3.63, 3.8) is 0 Å². The van der Waals surface area contributed by atoms with Crippen LogP contribution in [-0.4, -0.2) is 32.7 Å². The zero-order valence-corrected chi connectivity index (χ0v) is 19.8. The number of anilines is 1. The fraction of sp³-hybridized carbons (Fsp3) is 0.280. The number of carbonyl (C=O) groups excluding carboxylic acids is 2. The van der Waals surface area contributed by atoms with Crippen LogP contribution in [-0.2, 0) is 9.53 Å². The summed E-state index contributed by atoms with van der Waals surface area (Å²) in [6, 6.07) is 6.11. The lowest BCUT2D eigenvalue weighted by atomic mass is 10.1. The number of carbonyl (C=O) groups is 2.